The van der Waals surface area contributed by atoms with E-state index in [0.717, 1.165) is 19.3 Å². The summed E-state index contributed by atoms with van der Waals surface area (Å²) >= 11 is 0. The summed E-state index contributed by atoms with van der Waals surface area (Å²) in [6, 6.07) is 0. The van der Waals surface area contributed by atoms with Crippen LogP contribution in [0.1, 0.15) is 60.3 Å². The molecule has 1 saturated heterocycles. The molecule has 0 aromatic heterocycles. The highest BCUT2D eigenvalue weighted by atomic mass is 16.7. The number of carbonyl (C=O) groups excluding carboxylic acids is 1. The molecule has 6 heteroatoms. The molecule has 2 fully saturated rings. The molecular formula is C18H32O6. The number of aliphatic hydroxyl groups excluding tert-OH is 2. The first-order chi connectivity index (χ1) is 11.1. The molecular weight excluding hydrogens is 312 g/mol. The molecule has 2 rings (SSSR count). The SMILES string of the molecule is C[C@H](CC[C@H]1C[C@@H]1C(=O)OC(C)(C)C)O[C@@H]1O[C@@H](C)[C@H](O)C[C@H]1O. The van der Waals surface area contributed by atoms with E-state index in [4.69, 9.17) is 14.2 Å². The summed E-state index contributed by atoms with van der Waals surface area (Å²) in [5.74, 6) is 0.280. The van der Waals surface area contributed by atoms with E-state index in [9.17, 15) is 15.0 Å². The van der Waals surface area contributed by atoms with Crippen LogP contribution in [0, 0.1) is 11.8 Å². The van der Waals surface area contributed by atoms with Crippen LogP contribution in [0.3, 0.4) is 0 Å². The highest BCUT2D eigenvalue weighted by molar-refractivity contribution is 5.76. The topological polar surface area (TPSA) is 85.2 Å². The lowest BCUT2D eigenvalue weighted by Crippen LogP contribution is -2.48. The van der Waals surface area contributed by atoms with Crippen molar-refractivity contribution in [3.63, 3.8) is 0 Å². The number of esters is 1. The van der Waals surface area contributed by atoms with Crippen molar-refractivity contribution in [2.75, 3.05) is 0 Å². The summed E-state index contributed by atoms with van der Waals surface area (Å²) in [7, 11) is 0. The fraction of sp³-hybridized carbons (Fsp3) is 0.944. The molecule has 6 nitrogen and oxygen atoms in total. The third-order valence-corrected chi connectivity index (χ3v) is 4.63. The number of aliphatic hydroxyl groups is 2. The van der Waals surface area contributed by atoms with E-state index in [1.54, 1.807) is 6.92 Å². The molecule has 2 aliphatic rings. The van der Waals surface area contributed by atoms with Crippen LogP contribution in [0.5, 0.6) is 0 Å². The first-order valence-corrected chi connectivity index (χ1v) is 8.96. The van der Waals surface area contributed by atoms with Crippen LogP contribution in [0.2, 0.25) is 0 Å². The first kappa shape index (κ1) is 19.6. The summed E-state index contributed by atoms with van der Waals surface area (Å²) in [6.07, 6.45) is 0.261. The van der Waals surface area contributed by atoms with Crippen molar-refractivity contribution in [1.82, 2.24) is 0 Å². The summed E-state index contributed by atoms with van der Waals surface area (Å²) < 4.78 is 16.7. The van der Waals surface area contributed by atoms with Crippen LogP contribution in [-0.4, -0.2) is 52.5 Å². The molecule has 1 heterocycles. The summed E-state index contributed by atoms with van der Waals surface area (Å²) in [6.45, 7) is 9.35. The smallest absolute Gasteiger partial charge is 0.309 e. The van der Waals surface area contributed by atoms with Gasteiger partial charge >= 0.3 is 5.97 Å². The second-order valence-electron chi connectivity index (χ2n) is 8.24. The third kappa shape index (κ3) is 5.69. The average Bonchev–Trinajstić information content (AvgIpc) is 3.20. The van der Waals surface area contributed by atoms with Gasteiger partial charge < -0.3 is 24.4 Å². The zero-order valence-electron chi connectivity index (χ0n) is 15.4. The molecule has 2 N–H and O–H groups in total. The van der Waals surface area contributed by atoms with Gasteiger partial charge in [-0.25, -0.2) is 0 Å². The Hall–Kier alpha value is -0.690. The highest BCUT2D eigenvalue weighted by Crippen LogP contribution is 2.44. The molecule has 140 valence electrons. The van der Waals surface area contributed by atoms with E-state index >= 15 is 0 Å². The largest absolute Gasteiger partial charge is 0.460 e. The molecule has 0 amide bonds. The zero-order valence-corrected chi connectivity index (χ0v) is 15.4. The van der Waals surface area contributed by atoms with Gasteiger partial charge in [-0.1, -0.05) is 0 Å². The molecule has 1 aliphatic carbocycles. The predicted molar refractivity (Wildman–Crippen MR) is 88.2 cm³/mol. The first-order valence-electron chi connectivity index (χ1n) is 8.96. The van der Waals surface area contributed by atoms with E-state index in [2.05, 4.69) is 0 Å². The van der Waals surface area contributed by atoms with Crippen molar-refractivity contribution in [2.45, 2.75) is 96.6 Å². The second kappa shape index (κ2) is 7.68. The Labute approximate surface area is 144 Å². The number of hydrogen-bond acceptors (Lipinski definition) is 6. The molecule has 0 spiro atoms. The monoisotopic (exact) mass is 344 g/mol. The molecule has 0 bridgehead atoms. The second-order valence-corrected chi connectivity index (χ2v) is 8.24. The number of ether oxygens (including phenoxy) is 3. The van der Waals surface area contributed by atoms with Gasteiger partial charge in [0.25, 0.3) is 0 Å². The number of hydrogen-bond donors (Lipinski definition) is 2. The Bertz CT molecular complexity index is 432. The molecule has 1 aliphatic heterocycles. The van der Waals surface area contributed by atoms with Crippen molar-refractivity contribution in [2.24, 2.45) is 11.8 Å². The molecule has 0 radical (unpaired) electrons. The Morgan fingerprint density at radius 1 is 1.25 bits per heavy atom. The van der Waals surface area contributed by atoms with Gasteiger partial charge in [0.2, 0.25) is 0 Å². The quantitative estimate of drug-likeness (QED) is 0.717. The fourth-order valence-corrected chi connectivity index (χ4v) is 3.04. The standard InChI is InChI=1S/C18H32O6/c1-10(22-17-15(20)9-14(19)11(2)23-17)6-7-12-8-13(12)16(21)24-18(3,4)5/h10-15,17,19-20H,6-9H2,1-5H3/t10-,11+,12+,13+,14-,15-,17-/m1/s1. The number of rotatable bonds is 6. The van der Waals surface area contributed by atoms with Crippen molar-refractivity contribution in [3.8, 4) is 0 Å². The minimum Gasteiger partial charge on any atom is -0.460 e. The molecule has 0 aromatic carbocycles. The van der Waals surface area contributed by atoms with Crippen LogP contribution in [0.25, 0.3) is 0 Å². The Balaban J connectivity index is 1.67. The van der Waals surface area contributed by atoms with E-state index in [1.165, 1.54) is 0 Å². The van der Waals surface area contributed by atoms with E-state index in [0.29, 0.717) is 5.92 Å². The van der Waals surface area contributed by atoms with Crippen LogP contribution in [0.4, 0.5) is 0 Å². The third-order valence-electron chi connectivity index (χ3n) is 4.63. The lowest BCUT2D eigenvalue weighted by molar-refractivity contribution is -0.273. The molecule has 1 saturated carbocycles. The highest BCUT2D eigenvalue weighted by Gasteiger charge is 2.45. The lowest BCUT2D eigenvalue weighted by Gasteiger charge is -2.36. The molecule has 7 atom stereocenters. The van der Waals surface area contributed by atoms with Gasteiger partial charge in [-0.15, -0.1) is 0 Å². The van der Waals surface area contributed by atoms with Crippen molar-refractivity contribution < 1.29 is 29.2 Å². The summed E-state index contributed by atoms with van der Waals surface area (Å²) in [5.41, 5.74) is -0.434. The average molecular weight is 344 g/mol. The van der Waals surface area contributed by atoms with Gasteiger partial charge in [-0.05, 0) is 59.8 Å². The van der Waals surface area contributed by atoms with E-state index < -0.39 is 24.1 Å². The van der Waals surface area contributed by atoms with Gasteiger partial charge in [0.15, 0.2) is 6.29 Å². The predicted octanol–water partition coefficient (Wildman–Crippen LogP) is 2.01. The minimum absolute atomic E-state index is 0.0168. The Kier molecular flexibility index (Phi) is 6.29. The van der Waals surface area contributed by atoms with Gasteiger partial charge in [0.1, 0.15) is 11.7 Å². The van der Waals surface area contributed by atoms with Gasteiger partial charge in [0.05, 0.1) is 24.2 Å². The lowest BCUT2D eigenvalue weighted by atomic mass is 10.0. The Morgan fingerprint density at radius 2 is 1.92 bits per heavy atom. The maximum absolute atomic E-state index is 12.0. The normalized spacial score (nSPS) is 37.8. The van der Waals surface area contributed by atoms with Crippen LogP contribution >= 0.6 is 0 Å². The number of carbonyl (C=O) groups is 1. The maximum Gasteiger partial charge on any atom is 0.309 e. The minimum atomic E-state index is -0.811. The Morgan fingerprint density at radius 3 is 2.54 bits per heavy atom. The van der Waals surface area contributed by atoms with Crippen molar-refractivity contribution >= 4 is 5.97 Å². The fourth-order valence-electron chi connectivity index (χ4n) is 3.04. The van der Waals surface area contributed by atoms with Gasteiger partial charge in [-0.3, -0.25) is 4.79 Å². The molecule has 0 unspecified atom stereocenters. The van der Waals surface area contributed by atoms with Crippen LogP contribution in [-0.2, 0) is 19.0 Å². The maximum atomic E-state index is 12.0. The van der Waals surface area contributed by atoms with Gasteiger partial charge in [-0.2, -0.15) is 0 Å². The zero-order chi connectivity index (χ0) is 18.1. The van der Waals surface area contributed by atoms with E-state index in [-0.39, 0.29) is 30.5 Å². The van der Waals surface area contributed by atoms with Crippen LogP contribution < -0.4 is 0 Å². The van der Waals surface area contributed by atoms with Crippen molar-refractivity contribution in [3.05, 3.63) is 0 Å². The summed E-state index contributed by atoms with van der Waals surface area (Å²) in [4.78, 5) is 12.0. The summed E-state index contributed by atoms with van der Waals surface area (Å²) in [5, 5.41) is 19.6. The van der Waals surface area contributed by atoms with Crippen molar-refractivity contribution in [1.29, 1.82) is 0 Å². The molecule has 0 aromatic rings. The van der Waals surface area contributed by atoms with E-state index in [1.807, 2.05) is 27.7 Å². The van der Waals surface area contributed by atoms with Crippen LogP contribution in [0.15, 0.2) is 0 Å². The van der Waals surface area contributed by atoms with Gasteiger partial charge in [0, 0.05) is 6.42 Å². The molecule has 24 heavy (non-hydrogen) atoms.